The lowest BCUT2D eigenvalue weighted by Gasteiger charge is -2.62. The fourth-order valence-electron chi connectivity index (χ4n) is 6.73. The fourth-order valence-corrected chi connectivity index (χ4v) is 7.11. The number of halogens is 3. The summed E-state index contributed by atoms with van der Waals surface area (Å²) < 4.78 is 31.8. The number of hydrogen-bond donors (Lipinski definition) is 1. The Hall–Kier alpha value is -0.740. The Balaban J connectivity index is 1.89. The van der Waals surface area contributed by atoms with Crippen LogP contribution < -0.4 is 0 Å². The van der Waals surface area contributed by atoms with E-state index in [0.29, 0.717) is 12.3 Å². The van der Waals surface area contributed by atoms with Crippen LogP contribution in [0.4, 0.5) is 8.78 Å². The maximum absolute atomic E-state index is 16.7. The van der Waals surface area contributed by atoms with Crippen LogP contribution in [0.1, 0.15) is 46.5 Å². The van der Waals surface area contributed by atoms with Crippen molar-refractivity contribution in [3.63, 3.8) is 0 Å². The van der Waals surface area contributed by atoms with E-state index in [0.717, 1.165) is 12.8 Å². The van der Waals surface area contributed by atoms with Crippen molar-refractivity contribution < 1.29 is 18.7 Å². The molecule has 0 unspecified atom stereocenters. The summed E-state index contributed by atoms with van der Waals surface area (Å²) in [5.74, 6) is -0.572. The lowest BCUT2D eigenvalue weighted by Crippen LogP contribution is -2.67. The van der Waals surface area contributed by atoms with Gasteiger partial charge >= 0.3 is 0 Å². The van der Waals surface area contributed by atoms with E-state index in [4.69, 9.17) is 11.6 Å². The van der Waals surface area contributed by atoms with E-state index in [1.165, 1.54) is 12.2 Å². The van der Waals surface area contributed by atoms with Gasteiger partial charge in [-0.15, -0.1) is 0 Å². The minimum atomic E-state index is -2.00. The molecule has 3 saturated carbocycles. The summed E-state index contributed by atoms with van der Waals surface area (Å²) in [4.78, 5) is 11.9. The molecule has 0 aliphatic heterocycles. The average Bonchev–Trinajstić information content (AvgIpc) is 2.81. The highest BCUT2D eigenvalue weighted by molar-refractivity contribution is 6.45. The molecule has 0 spiro atoms. The Kier molecular flexibility index (Phi) is 3.65. The number of allylic oxidation sites excluding steroid dienone is 4. The molecule has 4 aliphatic rings. The Morgan fingerprint density at radius 3 is 2.60 bits per heavy atom. The molecule has 0 radical (unpaired) electrons. The molecule has 0 heterocycles. The number of rotatable bonds is 0. The van der Waals surface area contributed by atoms with Crippen LogP contribution in [0, 0.1) is 28.6 Å². The van der Waals surface area contributed by atoms with E-state index in [1.807, 2.05) is 0 Å². The number of carbonyl (C=O) groups excluding carboxylic acids is 1. The molecule has 25 heavy (non-hydrogen) atoms. The molecule has 0 aromatic carbocycles. The average molecular weight is 371 g/mol. The second-order valence-corrected chi connectivity index (χ2v) is 9.61. The Labute approximate surface area is 152 Å². The predicted molar refractivity (Wildman–Crippen MR) is 92.6 cm³/mol. The topological polar surface area (TPSA) is 37.3 Å². The number of carbonyl (C=O) groups is 1. The molecule has 5 heteroatoms. The van der Waals surface area contributed by atoms with Crippen molar-refractivity contribution >= 4 is 17.4 Å². The van der Waals surface area contributed by atoms with E-state index >= 15 is 8.78 Å². The smallest absolute Gasteiger partial charge is 0.196 e. The van der Waals surface area contributed by atoms with Gasteiger partial charge in [0.2, 0.25) is 0 Å². The van der Waals surface area contributed by atoms with Crippen LogP contribution in [-0.2, 0) is 4.79 Å². The third-order valence-electron chi connectivity index (χ3n) is 7.69. The number of hydrogen-bond acceptors (Lipinski definition) is 2. The Morgan fingerprint density at radius 1 is 1.24 bits per heavy atom. The maximum Gasteiger partial charge on any atom is 0.196 e. The van der Waals surface area contributed by atoms with E-state index in [-0.39, 0.29) is 28.4 Å². The van der Waals surface area contributed by atoms with Crippen molar-refractivity contribution in [1.29, 1.82) is 0 Å². The third kappa shape index (κ3) is 2.01. The number of aliphatic hydroxyl groups is 1. The molecule has 0 aromatic rings. The van der Waals surface area contributed by atoms with Crippen LogP contribution in [0.25, 0.3) is 0 Å². The molecular formula is C20H25ClF2O2. The minimum Gasteiger partial charge on any atom is -0.390 e. The highest BCUT2D eigenvalue weighted by atomic mass is 35.5. The molecule has 0 saturated heterocycles. The molecular weight excluding hydrogens is 346 g/mol. The largest absolute Gasteiger partial charge is 0.390 e. The molecule has 2 nitrogen and oxygen atoms in total. The summed E-state index contributed by atoms with van der Waals surface area (Å²) in [6.07, 6.45) is 2.19. The van der Waals surface area contributed by atoms with E-state index in [9.17, 15) is 9.90 Å². The Bertz CT molecular complexity index is 704. The highest BCUT2D eigenvalue weighted by Crippen LogP contribution is 2.69. The molecule has 3 fully saturated rings. The van der Waals surface area contributed by atoms with Gasteiger partial charge in [-0.25, -0.2) is 8.78 Å². The van der Waals surface area contributed by atoms with Crippen molar-refractivity contribution in [3.05, 3.63) is 22.8 Å². The first-order valence-corrected chi connectivity index (χ1v) is 9.57. The van der Waals surface area contributed by atoms with Gasteiger partial charge in [0.15, 0.2) is 11.5 Å². The van der Waals surface area contributed by atoms with Crippen LogP contribution in [-0.4, -0.2) is 28.8 Å². The number of aliphatic hydroxyl groups excluding tert-OH is 1. The number of fused-ring (bicyclic) bond motifs is 5. The van der Waals surface area contributed by atoms with Crippen LogP contribution in [0.5, 0.6) is 0 Å². The van der Waals surface area contributed by atoms with E-state index in [2.05, 4.69) is 13.8 Å². The molecule has 0 amide bonds. The first-order chi connectivity index (χ1) is 11.5. The lowest BCUT2D eigenvalue weighted by atomic mass is 9.45. The maximum atomic E-state index is 16.7. The molecule has 0 aromatic heterocycles. The molecule has 4 rings (SSSR count). The minimum absolute atomic E-state index is 0.0111. The summed E-state index contributed by atoms with van der Waals surface area (Å²) in [6.45, 7) is 5.85. The van der Waals surface area contributed by atoms with E-state index in [1.54, 1.807) is 6.92 Å². The van der Waals surface area contributed by atoms with Gasteiger partial charge in [0.05, 0.1) is 11.1 Å². The van der Waals surface area contributed by atoms with Gasteiger partial charge in [-0.1, -0.05) is 31.5 Å². The highest BCUT2D eigenvalue weighted by Gasteiger charge is 2.71. The quantitative estimate of drug-likeness (QED) is 0.681. The Morgan fingerprint density at radius 2 is 1.92 bits per heavy atom. The zero-order chi connectivity index (χ0) is 18.4. The molecule has 8 atom stereocenters. The summed E-state index contributed by atoms with van der Waals surface area (Å²) in [5.41, 5.74) is -3.52. The number of alkyl halides is 2. The number of ketones is 1. The van der Waals surface area contributed by atoms with Crippen molar-refractivity contribution in [3.8, 4) is 0 Å². The lowest BCUT2D eigenvalue weighted by molar-refractivity contribution is -0.196. The van der Waals surface area contributed by atoms with Crippen LogP contribution in [0.15, 0.2) is 22.8 Å². The van der Waals surface area contributed by atoms with Crippen molar-refractivity contribution in [2.24, 2.45) is 28.6 Å². The van der Waals surface area contributed by atoms with Gasteiger partial charge in [0.25, 0.3) is 0 Å². The van der Waals surface area contributed by atoms with Gasteiger partial charge in [-0.2, -0.15) is 0 Å². The van der Waals surface area contributed by atoms with Crippen molar-refractivity contribution in [2.75, 3.05) is 0 Å². The zero-order valence-corrected chi connectivity index (χ0v) is 15.6. The summed E-state index contributed by atoms with van der Waals surface area (Å²) in [5, 5.41) is 10.7. The van der Waals surface area contributed by atoms with Gasteiger partial charge in [-0.05, 0) is 61.5 Å². The van der Waals surface area contributed by atoms with Crippen LogP contribution >= 0.6 is 11.6 Å². The standard InChI is InChI=1S/C20H25ClF2O2/c1-10-6-11-12-7-13(22)16-17(21)14(24)4-5-19(16,3)20(12,23)15(25)9-18(11,2)8-10/h4-5,10-13,15,25H,6-9H2,1-3H3/t10-,11+,12+,13+,15+,18+,19+,20+/m1/s1. The first kappa shape index (κ1) is 17.7. The normalized spacial score (nSPS) is 55.0. The van der Waals surface area contributed by atoms with Gasteiger partial charge < -0.3 is 5.11 Å². The summed E-state index contributed by atoms with van der Waals surface area (Å²) in [7, 11) is 0. The summed E-state index contributed by atoms with van der Waals surface area (Å²) >= 11 is 6.12. The van der Waals surface area contributed by atoms with Crippen molar-refractivity contribution in [1.82, 2.24) is 0 Å². The van der Waals surface area contributed by atoms with E-state index < -0.39 is 35.1 Å². The first-order valence-electron chi connectivity index (χ1n) is 9.19. The molecule has 4 aliphatic carbocycles. The van der Waals surface area contributed by atoms with Crippen LogP contribution in [0.2, 0.25) is 0 Å². The molecule has 1 N–H and O–H groups in total. The second-order valence-electron chi connectivity index (χ2n) is 9.23. The summed E-state index contributed by atoms with van der Waals surface area (Å²) in [6, 6.07) is 0. The van der Waals surface area contributed by atoms with Crippen molar-refractivity contribution in [2.45, 2.75) is 64.4 Å². The second kappa shape index (κ2) is 5.16. The zero-order valence-electron chi connectivity index (χ0n) is 14.9. The van der Waals surface area contributed by atoms with Gasteiger partial charge in [-0.3, -0.25) is 4.79 Å². The van der Waals surface area contributed by atoms with Crippen LogP contribution in [0.3, 0.4) is 0 Å². The molecule has 138 valence electrons. The SMILES string of the molecule is C[C@@H]1C[C@H]2[C@@H]3C[C@H](F)C4=C(Cl)C(=O)C=C[C@]4(C)[C@@]3(F)[C@@H](O)C[C@]2(C)C1. The van der Waals surface area contributed by atoms with Gasteiger partial charge in [0, 0.05) is 11.3 Å². The molecule has 0 bridgehead atoms. The monoisotopic (exact) mass is 370 g/mol. The fraction of sp³-hybridized carbons (Fsp3) is 0.750. The predicted octanol–water partition coefficient (Wildman–Crippen LogP) is 4.51. The van der Waals surface area contributed by atoms with Gasteiger partial charge in [0.1, 0.15) is 6.17 Å². The third-order valence-corrected chi connectivity index (χ3v) is 8.08.